The number of hydrogen-bond acceptors (Lipinski definition) is 8. The van der Waals surface area contributed by atoms with Crippen molar-refractivity contribution in [2.75, 3.05) is 20.8 Å². The van der Waals surface area contributed by atoms with Crippen LogP contribution in [0.5, 0.6) is 11.6 Å². The van der Waals surface area contributed by atoms with Gasteiger partial charge in [0.1, 0.15) is 18.1 Å². The third-order valence-electron chi connectivity index (χ3n) is 9.00. The second-order valence-corrected chi connectivity index (χ2v) is 12.0. The average Bonchev–Trinajstić information content (AvgIpc) is 3.85. The number of nitrogens with zero attached hydrogens (tertiary/aromatic N) is 7. The zero-order chi connectivity index (χ0) is 34.3. The van der Waals surface area contributed by atoms with Crippen LogP contribution in [0.1, 0.15) is 36.2 Å². The van der Waals surface area contributed by atoms with Crippen LogP contribution in [-0.4, -0.2) is 71.7 Å². The maximum atomic E-state index is 14.2. The van der Waals surface area contributed by atoms with Crippen molar-refractivity contribution in [2.24, 2.45) is 7.05 Å². The lowest BCUT2D eigenvalue weighted by Gasteiger charge is -2.39. The molecule has 254 valence electrons. The molecule has 2 atom stereocenters. The number of aromatic nitrogens is 7. The molecular weight excluding hydrogens is 639 g/mol. The van der Waals surface area contributed by atoms with E-state index < -0.39 is 30.5 Å². The van der Waals surface area contributed by atoms with E-state index in [1.54, 1.807) is 30.7 Å². The van der Waals surface area contributed by atoms with Gasteiger partial charge in [0.15, 0.2) is 0 Å². The highest BCUT2D eigenvalue weighted by Gasteiger charge is 2.40. The summed E-state index contributed by atoms with van der Waals surface area (Å²) in [6, 6.07) is 13.5. The number of benzene rings is 2. The van der Waals surface area contributed by atoms with E-state index in [1.165, 1.54) is 25.3 Å². The van der Waals surface area contributed by atoms with E-state index in [0.29, 0.717) is 54.6 Å². The number of alkyl halides is 3. The molecule has 12 nitrogen and oxygen atoms in total. The minimum atomic E-state index is -4.78. The van der Waals surface area contributed by atoms with Gasteiger partial charge in [-0.15, -0.1) is 0 Å². The normalized spacial score (nSPS) is 16.8. The number of nitrogens with one attached hydrogen (secondary N) is 2. The standard InChI is InChI=1S/C34H34F3N9O3/c1-44-19-38-15-22(44)16-39-21-10-11-45(30(47)18-46-28-14-23(48-2)8-9-26(28)43-33(46)34(35,36)37)29(13-21)31-40-17-27(41-31)24-12-20-6-4-5-7-25(20)42-32(24)49-3/h4-9,12,14-15,17,19,21,29,39H,10-11,13,16,18H2,1-3H3,(H,40,41)/t21-,29-/m0/s1. The van der Waals surface area contributed by atoms with E-state index in [9.17, 15) is 18.0 Å². The van der Waals surface area contributed by atoms with E-state index >= 15 is 0 Å². The molecule has 1 aliphatic rings. The van der Waals surface area contributed by atoms with Gasteiger partial charge in [-0.05, 0) is 37.1 Å². The van der Waals surface area contributed by atoms with Crippen molar-refractivity contribution in [3.8, 4) is 22.9 Å². The molecule has 4 aromatic heterocycles. The van der Waals surface area contributed by atoms with Gasteiger partial charge in [-0.2, -0.15) is 13.2 Å². The lowest BCUT2D eigenvalue weighted by Crippen LogP contribution is -2.48. The number of fused-ring (bicyclic) bond motifs is 2. The van der Waals surface area contributed by atoms with Gasteiger partial charge in [-0.3, -0.25) is 4.79 Å². The monoisotopic (exact) mass is 673 g/mol. The SMILES string of the molecule is COc1ccc2nc(C(F)(F)F)n(CC(=O)N3CC[C@H](NCc4cncn4C)C[C@H]3c3ncc(-c4cc5ccccc5nc4OC)[nH]3)c2c1. The largest absolute Gasteiger partial charge is 0.497 e. The number of rotatable bonds is 9. The van der Waals surface area contributed by atoms with Crippen molar-refractivity contribution in [3.63, 3.8) is 0 Å². The number of halogens is 3. The Morgan fingerprint density at radius 1 is 1.06 bits per heavy atom. The Kier molecular flexibility index (Phi) is 8.44. The molecule has 6 aromatic rings. The van der Waals surface area contributed by atoms with Crippen molar-refractivity contribution in [2.45, 2.75) is 44.2 Å². The average molecular weight is 674 g/mol. The van der Waals surface area contributed by atoms with Crippen LogP contribution in [0.3, 0.4) is 0 Å². The Labute approximate surface area is 278 Å². The Morgan fingerprint density at radius 2 is 1.90 bits per heavy atom. The Bertz CT molecular complexity index is 2140. The number of para-hydroxylation sites is 1. The third kappa shape index (κ3) is 6.28. The number of pyridine rings is 1. The van der Waals surface area contributed by atoms with Gasteiger partial charge in [-0.1, -0.05) is 18.2 Å². The third-order valence-corrected chi connectivity index (χ3v) is 9.00. The first-order valence-corrected chi connectivity index (χ1v) is 15.7. The van der Waals surface area contributed by atoms with Crippen molar-refractivity contribution in [1.82, 2.24) is 44.3 Å². The molecule has 0 spiro atoms. The summed E-state index contributed by atoms with van der Waals surface area (Å²) >= 11 is 0. The van der Waals surface area contributed by atoms with Gasteiger partial charge < -0.3 is 33.8 Å². The number of carbonyl (C=O) groups excluding carboxylic acids is 1. The quantitative estimate of drug-likeness (QED) is 0.213. The first-order chi connectivity index (χ1) is 23.6. The van der Waals surface area contributed by atoms with Gasteiger partial charge in [0.25, 0.3) is 0 Å². The maximum Gasteiger partial charge on any atom is 0.449 e. The molecule has 0 bridgehead atoms. The van der Waals surface area contributed by atoms with Crippen LogP contribution in [0.2, 0.25) is 0 Å². The molecule has 1 aliphatic heterocycles. The molecule has 5 heterocycles. The Morgan fingerprint density at radius 3 is 2.65 bits per heavy atom. The minimum Gasteiger partial charge on any atom is -0.497 e. The van der Waals surface area contributed by atoms with Gasteiger partial charge in [0.2, 0.25) is 17.6 Å². The maximum absolute atomic E-state index is 14.2. The van der Waals surface area contributed by atoms with Crippen molar-refractivity contribution >= 4 is 27.8 Å². The molecule has 15 heteroatoms. The highest BCUT2D eigenvalue weighted by Crippen LogP contribution is 2.36. The molecule has 2 N–H and O–H groups in total. The number of ether oxygens (including phenoxy) is 2. The van der Waals surface area contributed by atoms with Gasteiger partial charge in [0, 0.05) is 43.8 Å². The molecule has 0 radical (unpaired) electrons. The summed E-state index contributed by atoms with van der Waals surface area (Å²) in [6.45, 7) is 0.280. The zero-order valence-corrected chi connectivity index (χ0v) is 27.0. The topological polar surface area (TPSA) is 128 Å². The molecule has 0 aliphatic carbocycles. The lowest BCUT2D eigenvalue weighted by molar-refractivity contribution is -0.148. The van der Waals surface area contributed by atoms with Crippen molar-refractivity contribution < 1.29 is 27.4 Å². The number of aryl methyl sites for hydroxylation is 1. The van der Waals surface area contributed by atoms with Crippen LogP contribution in [0.4, 0.5) is 13.2 Å². The van der Waals surface area contributed by atoms with Crippen molar-refractivity contribution in [1.29, 1.82) is 0 Å². The number of likely N-dealkylation sites (tertiary alicyclic amines) is 1. The molecule has 7 rings (SSSR count). The summed E-state index contributed by atoms with van der Waals surface area (Å²) < 4.78 is 56.4. The second kappa shape index (κ2) is 12.9. The molecular formula is C34H34F3N9O3. The predicted molar refractivity (Wildman–Crippen MR) is 175 cm³/mol. The van der Waals surface area contributed by atoms with Crippen LogP contribution >= 0.6 is 0 Å². The van der Waals surface area contributed by atoms with Gasteiger partial charge in [0.05, 0.1) is 66.3 Å². The van der Waals surface area contributed by atoms with Crippen LogP contribution in [0.15, 0.2) is 67.3 Å². The van der Waals surface area contributed by atoms with Crippen molar-refractivity contribution in [3.05, 3.63) is 84.6 Å². The van der Waals surface area contributed by atoms with Gasteiger partial charge in [-0.25, -0.2) is 19.9 Å². The number of H-pyrrole nitrogens is 1. The first kappa shape index (κ1) is 32.1. The summed E-state index contributed by atoms with van der Waals surface area (Å²) in [7, 11) is 4.89. The molecule has 1 saturated heterocycles. The number of piperidine rings is 1. The molecule has 1 fully saturated rings. The molecule has 0 unspecified atom stereocenters. The summed E-state index contributed by atoms with van der Waals surface area (Å²) in [5.74, 6) is -0.382. The smallest absolute Gasteiger partial charge is 0.449 e. The Hall–Kier alpha value is -5.44. The summed E-state index contributed by atoms with van der Waals surface area (Å²) in [4.78, 5) is 36.5. The van der Waals surface area contributed by atoms with E-state index in [1.807, 2.05) is 41.9 Å². The van der Waals surface area contributed by atoms with Gasteiger partial charge >= 0.3 is 6.18 Å². The first-order valence-electron chi connectivity index (χ1n) is 15.7. The molecule has 2 aromatic carbocycles. The summed E-state index contributed by atoms with van der Waals surface area (Å²) in [6.07, 6.45) is 1.45. The highest BCUT2D eigenvalue weighted by atomic mass is 19.4. The van der Waals surface area contributed by atoms with E-state index in [2.05, 4.69) is 25.3 Å². The van der Waals surface area contributed by atoms with Crippen LogP contribution in [0, 0.1) is 0 Å². The molecule has 0 saturated carbocycles. The second-order valence-electron chi connectivity index (χ2n) is 12.0. The zero-order valence-electron chi connectivity index (χ0n) is 27.0. The number of amides is 1. The number of hydrogen-bond donors (Lipinski definition) is 2. The Balaban J connectivity index is 1.23. The number of methoxy groups -OCH3 is 2. The minimum absolute atomic E-state index is 0.0153. The summed E-state index contributed by atoms with van der Waals surface area (Å²) in [5, 5.41) is 4.47. The van der Waals surface area contributed by atoms with Crippen LogP contribution in [-0.2, 0) is 31.1 Å². The lowest BCUT2D eigenvalue weighted by atomic mass is 9.96. The number of carbonyl (C=O) groups is 1. The fraction of sp³-hybridized carbons (Fsp3) is 0.324. The highest BCUT2D eigenvalue weighted by molar-refractivity contribution is 5.85. The van der Waals surface area contributed by atoms with E-state index in [-0.39, 0.29) is 17.1 Å². The fourth-order valence-electron chi connectivity index (χ4n) is 6.43. The van der Waals surface area contributed by atoms with Crippen LogP contribution in [0.25, 0.3) is 33.2 Å². The predicted octanol–water partition coefficient (Wildman–Crippen LogP) is 5.27. The van der Waals surface area contributed by atoms with E-state index in [4.69, 9.17) is 14.5 Å². The molecule has 49 heavy (non-hydrogen) atoms. The molecule has 1 amide bonds. The summed E-state index contributed by atoms with van der Waals surface area (Å²) in [5.41, 5.74) is 3.36. The van der Waals surface area contributed by atoms with E-state index in [0.717, 1.165) is 21.2 Å². The fourth-order valence-corrected chi connectivity index (χ4v) is 6.43. The number of aromatic amines is 1. The van der Waals surface area contributed by atoms with Crippen LogP contribution < -0.4 is 14.8 Å². The number of imidazole rings is 3.